The first kappa shape index (κ1) is 15.7. The Bertz CT molecular complexity index is 325. The molecule has 0 aliphatic carbocycles. The van der Waals surface area contributed by atoms with E-state index in [-0.39, 0.29) is 11.3 Å². The zero-order valence-corrected chi connectivity index (χ0v) is 12.9. The van der Waals surface area contributed by atoms with E-state index in [9.17, 15) is 4.79 Å². The van der Waals surface area contributed by atoms with Crippen molar-refractivity contribution in [2.45, 2.75) is 39.2 Å². The van der Waals surface area contributed by atoms with Crippen molar-refractivity contribution >= 4 is 5.91 Å². The van der Waals surface area contributed by atoms with Crippen molar-refractivity contribution in [3.63, 3.8) is 0 Å². The van der Waals surface area contributed by atoms with Gasteiger partial charge < -0.3 is 15.4 Å². The molecule has 116 valence electrons. The van der Waals surface area contributed by atoms with Crippen molar-refractivity contribution in [3.8, 4) is 0 Å². The number of likely N-dealkylation sites (tertiary alicyclic amines) is 1. The third-order valence-corrected chi connectivity index (χ3v) is 5.07. The summed E-state index contributed by atoms with van der Waals surface area (Å²) in [6.07, 6.45) is 2.63. The topological polar surface area (TPSA) is 58.8 Å². The van der Waals surface area contributed by atoms with Crippen LogP contribution in [0.1, 0.15) is 33.1 Å². The van der Waals surface area contributed by atoms with Crippen LogP contribution in [0.5, 0.6) is 0 Å². The molecule has 1 amide bonds. The van der Waals surface area contributed by atoms with Crippen molar-refractivity contribution in [1.82, 2.24) is 9.80 Å². The van der Waals surface area contributed by atoms with Crippen molar-refractivity contribution in [3.05, 3.63) is 0 Å². The Kier molecular flexibility index (Phi) is 5.41. The maximum Gasteiger partial charge on any atom is 0.230 e. The van der Waals surface area contributed by atoms with Crippen LogP contribution in [0.4, 0.5) is 0 Å². The summed E-state index contributed by atoms with van der Waals surface area (Å²) in [5.74, 6) is 0.262. The molecule has 2 saturated heterocycles. The average molecular weight is 283 g/mol. The molecule has 2 N–H and O–H groups in total. The molecule has 0 saturated carbocycles. The van der Waals surface area contributed by atoms with Gasteiger partial charge in [0.2, 0.25) is 5.91 Å². The third-order valence-electron chi connectivity index (χ3n) is 5.07. The van der Waals surface area contributed by atoms with Gasteiger partial charge in [-0.15, -0.1) is 0 Å². The molecule has 1 unspecified atom stereocenters. The summed E-state index contributed by atoms with van der Waals surface area (Å²) in [5, 5.41) is 0. The second-order valence-corrected chi connectivity index (χ2v) is 6.01. The van der Waals surface area contributed by atoms with Crippen molar-refractivity contribution in [2.24, 2.45) is 11.1 Å². The van der Waals surface area contributed by atoms with E-state index >= 15 is 0 Å². The quantitative estimate of drug-likeness (QED) is 0.806. The number of nitrogens with two attached hydrogens (primary N) is 1. The predicted molar refractivity (Wildman–Crippen MR) is 79.4 cm³/mol. The molecule has 2 aliphatic rings. The number of nitrogens with zero attached hydrogens (tertiary/aromatic N) is 2. The molecule has 0 aromatic carbocycles. The first-order valence-electron chi connectivity index (χ1n) is 7.98. The second kappa shape index (κ2) is 6.87. The number of likely N-dealkylation sites (N-methyl/N-ethyl adjacent to an activating group) is 1. The Morgan fingerprint density at radius 3 is 2.55 bits per heavy atom. The van der Waals surface area contributed by atoms with Gasteiger partial charge in [-0.1, -0.05) is 13.8 Å². The number of ether oxygens (including phenoxy) is 1. The van der Waals surface area contributed by atoms with Crippen LogP contribution >= 0.6 is 0 Å². The van der Waals surface area contributed by atoms with E-state index in [0.29, 0.717) is 25.8 Å². The molecule has 2 heterocycles. The summed E-state index contributed by atoms with van der Waals surface area (Å²) in [5.41, 5.74) is 5.58. The summed E-state index contributed by atoms with van der Waals surface area (Å²) >= 11 is 0. The largest absolute Gasteiger partial charge is 0.381 e. The fourth-order valence-corrected chi connectivity index (χ4v) is 3.57. The van der Waals surface area contributed by atoms with Crippen molar-refractivity contribution in [2.75, 3.05) is 45.9 Å². The van der Waals surface area contributed by atoms with Gasteiger partial charge >= 0.3 is 0 Å². The van der Waals surface area contributed by atoms with Crippen molar-refractivity contribution < 1.29 is 9.53 Å². The number of rotatable bonds is 5. The van der Waals surface area contributed by atoms with Crippen LogP contribution in [-0.4, -0.2) is 67.7 Å². The molecule has 0 radical (unpaired) electrons. The molecule has 0 bridgehead atoms. The Hall–Kier alpha value is -0.650. The molecule has 2 fully saturated rings. The molecule has 5 nitrogen and oxygen atoms in total. The van der Waals surface area contributed by atoms with Crippen LogP contribution in [0, 0.1) is 5.41 Å². The fraction of sp³-hybridized carbons (Fsp3) is 0.933. The number of hydrogen-bond donors (Lipinski definition) is 1. The SMILES string of the molecule is CCN(CC)C1CCN(C(=O)C2(CN)CCOCC2)C1. The Morgan fingerprint density at radius 1 is 1.35 bits per heavy atom. The minimum Gasteiger partial charge on any atom is -0.381 e. The first-order valence-corrected chi connectivity index (χ1v) is 7.98. The van der Waals surface area contributed by atoms with Gasteiger partial charge in [-0.25, -0.2) is 0 Å². The molecule has 0 aromatic rings. The molecule has 20 heavy (non-hydrogen) atoms. The Balaban J connectivity index is 1.99. The zero-order valence-electron chi connectivity index (χ0n) is 12.9. The van der Waals surface area contributed by atoms with E-state index in [0.717, 1.165) is 45.4 Å². The van der Waals surface area contributed by atoms with E-state index < -0.39 is 0 Å². The lowest BCUT2D eigenvalue weighted by Crippen LogP contribution is -2.51. The van der Waals surface area contributed by atoms with E-state index in [1.54, 1.807) is 0 Å². The van der Waals surface area contributed by atoms with Crippen LogP contribution < -0.4 is 5.73 Å². The van der Waals surface area contributed by atoms with Crippen molar-refractivity contribution in [1.29, 1.82) is 0 Å². The van der Waals surface area contributed by atoms with Crippen LogP contribution in [-0.2, 0) is 9.53 Å². The third kappa shape index (κ3) is 3.00. The van der Waals surface area contributed by atoms with Gasteiger partial charge in [0.15, 0.2) is 0 Å². The standard InChI is InChI=1S/C15H29N3O2/c1-3-17(4-2)13-5-8-18(11-13)14(19)15(12-16)6-9-20-10-7-15/h13H,3-12,16H2,1-2H3. The molecule has 5 heteroatoms. The maximum absolute atomic E-state index is 12.9. The highest BCUT2D eigenvalue weighted by molar-refractivity contribution is 5.83. The maximum atomic E-state index is 12.9. The average Bonchev–Trinajstić information content (AvgIpc) is 2.98. The lowest BCUT2D eigenvalue weighted by atomic mass is 9.79. The predicted octanol–water partition coefficient (Wildman–Crippen LogP) is 0.685. The van der Waals surface area contributed by atoms with Gasteiger partial charge in [0.05, 0.1) is 5.41 Å². The lowest BCUT2D eigenvalue weighted by molar-refractivity contribution is -0.146. The number of hydrogen-bond acceptors (Lipinski definition) is 4. The highest BCUT2D eigenvalue weighted by Crippen LogP contribution is 2.33. The first-order chi connectivity index (χ1) is 9.66. The fourth-order valence-electron chi connectivity index (χ4n) is 3.57. The summed E-state index contributed by atoms with van der Waals surface area (Å²) in [6.45, 7) is 10.00. The van der Waals surface area contributed by atoms with Gasteiger partial charge in [0, 0.05) is 38.9 Å². The van der Waals surface area contributed by atoms with E-state index in [1.165, 1.54) is 0 Å². The van der Waals surface area contributed by atoms with E-state index in [4.69, 9.17) is 10.5 Å². The molecule has 0 spiro atoms. The summed E-state index contributed by atoms with van der Waals surface area (Å²) in [6, 6.07) is 0.517. The number of amides is 1. The number of carbonyl (C=O) groups is 1. The Labute approximate surface area is 122 Å². The normalized spacial score (nSPS) is 26.2. The van der Waals surface area contributed by atoms with Gasteiger partial charge in [0.25, 0.3) is 0 Å². The highest BCUT2D eigenvalue weighted by atomic mass is 16.5. The minimum absolute atomic E-state index is 0.262. The van der Waals surface area contributed by atoms with Gasteiger partial charge in [-0.3, -0.25) is 9.69 Å². The molecule has 2 aliphatic heterocycles. The van der Waals surface area contributed by atoms with Gasteiger partial charge in [0.1, 0.15) is 0 Å². The summed E-state index contributed by atoms with van der Waals surface area (Å²) < 4.78 is 5.40. The second-order valence-electron chi connectivity index (χ2n) is 6.01. The molecule has 0 aromatic heterocycles. The summed E-state index contributed by atoms with van der Waals surface area (Å²) in [7, 11) is 0. The van der Waals surface area contributed by atoms with E-state index in [1.807, 2.05) is 4.90 Å². The zero-order chi connectivity index (χ0) is 14.6. The number of carbonyl (C=O) groups excluding carboxylic acids is 1. The van der Waals surface area contributed by atoms with Crippen LogP contribution in [0.25, 0.3) is 0 Å². The lowest BCUT2D eigenvalue weighted by Gasteiger charge is -2.38. The van der Waals surface area contributed by atoms with Crippen LogP contribution in [0.3, 0.4) is 0 Å². The van der Waals surface area contributed by atoms with Gasteiger partial charge in [-0.05, 0) is 32.4 Å². The highest BCUT2D eigenvalue weighted by Gasteiger charge is 2.43. The smallest absolute Gasteiger partial charge is 0.230 e. The van der Waals surface area contributed by atoms with Crippen LogP contribution in [0.15, 0.2) is 0 Å². The molecule has 2 rings (SSSR count). The molecular formula is C15H29N3O2. The Morgan fingerprint density at radius 2 is 2.00 bits per heavy atom. The van der Waals surface area contributed by atoms with E-state index in [2.05, 4.69) is 18.7 Å². The minimum atomic E-state index is -0.365. The van der Waals surface area contributed by atoms with Crippen LogP contribution in [0.2, 0.25) is 0 Å². The monoisotopic (exact) mass is 283 g/mol. The molecular weight excluding hydrogens is 254 g/mol. The van der Waals surface area contributed by atoms with Gasteiger partial charge in [-0.2, -0.15) is 0 Å². The summed E-state index contributed by atoms with van der Waals surface area (Å²) in [4.78, 5) is 17.4. The molecule has 1 atom stereocenters.